The fourth-order valence-corrected chi connectivity index (χ4v) is 3.89. The second-order valence-corrected chi connectivity index (χ2v) is 7.50. The summed E-state index contributed by atoms with van der Waals surface area (Å²) in [6.07, 6.45) is 5.64. The fourth-order valence-electron chi connectivity index (χ4n) is 3.41. The van der Waals surface area contributed by atoms with Gasteiger partial charge < -0.3 is 10.2 Å². The summed E-state index contributed by atoms with van der Waals surface area (Å²) in [5.74, 6) is 0.810. The monoisotopic (exact) mass is 398 g/mol. The van der Waals surface area contributed by atoms with E-state index in [2.05, 4.69) is 26.3 Å². The first kappa shape index (κ1) is 18.1. The highest BCUT2D eigenvalue weighted by Gasteiger charge is 2.20. The van der Waals surface area contributed by atoms with Gasteiger partial charge in [0.1, 0.15) is 0 Å². The predicted octanol–water partition coefficient (Wildman–Crippen LogP) is 5.53. The molecule has 1 N–H and O–H groups in total. The molecule has 0 bridgehead atoms. The molecule has 0 spiro atoms. The molecule has 0 saturated carbocycles. The van der Waals surface area contributed by atoms with E-state index in [9.17, 15) is 0 Å². The van der Waals surface area contributed by atoms with Crippen molar-refractivity contribution in [1.29, 1.82) is 0 Å². The van der Waals surface area contributed by atoms with E-state index < -0.39 is 0 Å². The van der Waals surface area contributed by atoms with Crippen molar-refractivity contribution in [2.45, 2.75) is 18.9 Å². The number of halogens is 2. The Kier molecular flexibility index (Phi) is 5.46. The number of anilines is 2. The summed E-state index contributed by atoms with van der Waals surface area (Å²) in [5.41, 5.74) is 3.05. The number of nitrogens with zero attached hydrogens (tertiary/aromatic N) is 3. The summed E-state index contributed by atoms with van der Waals surface area (Å²) in [7, 11) is 0. The maximum absolute atomic E-state index is 6.53. The van der Waals surface area contributed by atoms with Crippen molar-refractivity contribution in [1.82, 2.24) is 9.97 Å². The molecule has 0 unspecified atom stereocenters. The van der Waals surface area contributed by atoms with Crippen molar-refractivity contribution in [3.8, 4) is 11.1 Å². The van der Waals surface area contributed by atoms with Gasteiger partial charge in [0.2, 0.25) is 5.95 Å². The van der Waals surface area contributed by atoms with Crippen LogP contribution in [0.25, 0.3) is 11.1 Å². The molecule has 1 fully saturated rings. The number of aromatic nitrogens is 2. The molecular formula is C21H20Cl2N4. The lowest BCUT2D eigenvalue weighted by molar-refractivity contribution is 0.520. The van der Waals surface area contributed by atoms with E-state index in [1.165, 1.54) is 0 Å². The van der Waals surface area contributed by atoms with Gasteiger partial charge >= 0.3 is 0 Å². The molecule has 1 saturated heterocycles. The summed E-state index contributed by atoms with van der Waals surface area (Å²) in [6, 6.07) is 16.1. The summed E-state index contributed by atoms with van der Waals surface area (Å²) >= 11 is 12.6. The van der Waals surface area contributed by atoms with Crippen LogP contribution in [0, 0.1) is 0 Å². The summed E-state index contributed by atoms with van der Waals surface area (Å²) < 4.78 is 0. The van der Waals surface area contributed by atoms with Crippen LogP contribution < -0.4 is 10.2 Å². The van der Waals surface area contributed by atoms with Gasteiger partial charge in [0, 0.05) is 47.8 Å². The molecular weight excluding hydrogens is 379 g/mol. The van der Waals surface area contributed by atoms with E-state index in [0.29, 0.717) is 11.1 Å². The standard InChI is InChI=1S/C21H20Cl2N4/c22-16-4-1-3-15(13-16)19-6-5-18(14-20(19)23)26-17-7-11-27(12-8-17)21-24-9-2-10-25-21/h1-6,9-10,13-14,17,26H,7-8,11-12H2. The third kappa shape index (κ3) is 4.34. The number of hydrogen-bond donors (Lipinski definition) is 1. The molecule has 0 amide bonds. The number of hydrogen-bond acceptors (Lipinski definition) is 4. The number of piperidine rings is 1. The van der Waals surface area contributed by atoms with Gasteiger partial charge in [-0.1, -0.05) is 41.4 Å². The highest BCUT2D eigenvalue weighted by molar-refractivity contribution is 6.34. The predicted molar refractivity (Wildman–Crippen MR) is 113 cm³/mol. The maximum Gasteiger partial charge on any atom is 0.225 e. The lowest BCUT2D eigenvalue weighted by Gasteiger charge is -2.32. The van der Waals surface area contributed by atoms with Gasteiger partial charge in [0.05, 0.1) is 5.02 Å². The molecule has 1 aliphatic rings. The minimum Gasteiger partial charge on any atom is -0.382 e. The van der Waals surface area contributed by atoms with Crippen LogP contribution in [-0.4, -0.2) is 29.1 Å². The van der Waals surface area contributed by atoms with Crippen molar-refractivity contribution < 1.29 is 0 Å². The van der Waals surface area contributed by atoms with Gasteiger partial charge in [0.15, 0.2) is 0 Å². The third-order valence-corrected chi connectivity index (χ3v) is 5.35. The van der Waals surface area contributed by atoms with E-state index in [4.69, 9.17) is 23.2 Å². The van der Waals surface area contributed by atoms with Crippen molar-refractivity contribution in [2.75, 3.05) is 23.3 Å². The molecule has 1 aliphatic heterocycles. The summed E-state index contributed by atoms with van der Waals surface area (Å²) in [4.78, 5) is 10.9. The van der Waals surface area contributed by atoms with Crippen LogP contribution in [0.15, 0.2) is 60.9 Å². The largest absolute Gasteiger partial charge is 0.382 e. The summed E-state index contributed by atoms with van der Waals surface area (Å²) in [5, 5.41) is 5.03. The first-order valence-corrected chi connectivity index (χ1v) is 9.78. The molecule has 138 valence electrons. The molecule has 4 nitrogen and oxygen atoms in total. The molecule has 0 radical (unpaired) electrons. The number of nitrogens with one attached hydrogen (secondary N) is 1. The second kappa shape index (κ2) is 8.15. The summed E-state index contributed by atoms with van der Waals surface area (Å²) in [6.45, 7) is 1.88. The Labute approximate surface area is 169 Å². The quantitative estimate of drug-likeness (QED) is 0.626. The zero-order valence-corrected chi connectivity index (χ0v) is 16.3. The Bertz CT molecular complexity index is 909. The minimum absolute atomic E-state index is 0.415. The molecule has 6 heteroatoms. The molecule has 27 heavy (non-hydrogen) atoms. The van der Waals surface area contributed by atoms with Crippen molar-refractivity contribution >= 4 is 34.8 Å². The van der Waals surface area contributed by atoms with Gasteiger partial charge in [-0.3, -0.25) is 0 Å². The van der Waals surface area contributed by atoms with E-state index in [0.717, 1.165) is 53.7 Å². The van der Waals surface area contributed by atoms with Gasteiger partial charge in [-0.25, -0.2) is 9.97 Å². The van der Waals surface area contributed by atoms with Gasteiger partial charge in [-0.05, 0) is 48.7 Å². The lowest BCUT2D eigenvalue weighted by Crippen LogP contribution is -2.39. The molecule has 0 aliphatic carbocycles. The van der Waals surface area contributed by atoms with Crippen molar-refractivity contribution in [2.24, 2.45) is 0 Å². The average Bonchev–Trinajstić information content (AvgIpc) is 2.69. The van der Waals surface area contributed by atoms with Crippen LogP contribution in [-0.2, 0) is 0 Å². The van der Waals surface area contributed by atoms with Crippen LogP contribution in [0.2, 0.25) is 10.0 Å². The number of rotatable bonds is 4. The lowest BCUT2D eigenvalue weighted by atomic mass is 10.0. The first-order valence-electron chi connectivity index (χ1n) is 9.03. The first-order chi connectivity index (χ1) is 13.2. The topological polar surface area (TPSA) is 41.0 Å². The minimum atomic E-state index is 0.415. The van der Waals surface area contributed by atoms with Gasteiger partial charge in [-0.2, -0.15) is 0 Å². The van der Waals surface area contributed by atoms with Gasteiger partial charge in [-0.15, -0.1) is 0 Å². The van der Waals surface area contributed by atoms with Gasteiger partial charge in [0.25, 0.3) is 0 Å². The van der Waals surface area contributed by atoms with Crippen LogP contribution in [0.4, 0.5) is 11.6 Å². The van der Waals surface area contributed by atoms with Crippen molar-refractivity contribution in [3.05, 3.63) is 71.0 Å². The maximum atomic E-state index is 6.53. The zero-order valence-electron chi connectivity index (χ0n) is 14.8. The van der Waals surface area contributed by atoms with E-state index >= 15 is 0 Å². The van der Waals surface area contributed by atoms with Crippen LogP contribution in [0.3, 0.4) is 0 Å². The molecule has 2 aromatic carbocycles. The van der Waals surface area contributed by atoms with Crippen LogP contribution in [0.1, 0.15) is 12.8 Å². The smallest absolute Gasteiger partial charge is 0.225 e. The van der Waals surface area contributed by atoms with E-state index in [1.807, 2.05) is 42.5 Å². The van der Waals surface area contributed by atoms with Crippen molar-refractivity contribution in [3.63, 3.8) is 0 Å². The Morgan fingerprint density at radius 2 is 1.70 bits per heavy atom. The molecule has 3 aromatic rings. The fraction of sp³-hybridized carbons (Fsp3) is 0.238. The molecule has 2 heterocycles. The Balaban J connectivity index is 1.40. The third-order valence-electron chi connectivity index (χ3n) is 4.81. The second-order valence-electron chi connectivity index (χ2n) is 6.66. The van der Waals surface area contributed by atoms with E-state index in [1.54, 1.807) is 12.4 Å². The number of benzene rings is 2. The normalized spacial score (nSPS) is 15.0. The van der Waals surface area contributed by atoms with Crippen LogP contribution >= 0.6 is 23.2 Å². The highest BCUT2D eigenvalue weighted by Crippen LogP contribution is 2.32. The molecule has 4 rings (SSSR count). The SMILES string of the molecule is Clc1cccc(-c2ccc(NC3CCN(c4ncccn4)CC3)cc2Cl)c1. The Hall–Kier alpha value is -2.30. The Morgan fingerprint density at radius 3 is 2.41 bits per heavy atom. The van der Waals surface area contributed by atoms with Crippen LogP contribution in [0.5, 0.6) is 0 Å². The Morgan fingerprint density at radius 1 is 0.926 bits per heavy atom. The highest BCUT2D eigenvalue weighted by atomic mass is 35.5. The zero-order chi connectivity index (χ0) is 18.6. The molecule has 0 atom stereocenters. The average molecular weight is 399 g/mol. The molecule has 1 aromatic heterocycles. The van der Waals surface area contributed by atoms with E-state index in [-0.39, 0.29) is 0 Å².